The number of amides is 1. The normalized spacial score (nSPS) is 11.9. The molecule has 3 rings (SSSR count). The third-order valence-corrected chi connectivity index (χ3v) is 4.88. The summed E-state index contributed by atoms with van der Waals surface area (Å²) in [6, 6.07) is 16.3. The monoisotopic (exact) mass is 384 g/mol. The van der Waals surface area contributed by atoms with Crippen LogP contribution in [0.15, 0.2) is 59.8 Å². The molecule has 0 spiro atoms. The maximum Gasteiger partial charge on any atom is 0.230 e. The number of aryl methyl sites for hydroxylation is 1. The predicted molar refractivity (Wildman–Crippen MR) is 105 cm³/mol. The first-order valence-corrected chi connectivity index (χ1v) is 9.73. The number of hydrogen-bond donors (Lipinski definition) is 2. The highest BCUT2D eigenvalue weighted by Gasteiger charge is 2.11. The predicted octanol–water partition coefficient (Wildman–Crippen LogP) is 3.84. The molecule has 0 aliphatic carbocycles. The van der Waals surface area contributed by atoms with E-state index in [1.165, 1.54) is 29.5 Å². The molecule has 0 saturated heterocycles. The molecule has 0 fully saturated rings. The Morgan fingerprint density at radius 2 is 1.93 bits per heavy atom. The Hall–Kier alpha value is -2.67. The number of carbonyl (C=O) groups is 1. The van der Waals surface area contributed by atoms with Crippen molar-refractivity contribution in [2.75, 3.05) is 5.75 Å². The van der Waals surface area contributed by atoms with Crippen molar-refractivity contribution in [2.24, 2.45) is 0 Å². The van der Waals surface area contributed by atoms with Crippen LogP contribution < -0.4 is 5.32 Å². The van der Waals surface area contributed by atoms with Crippen LogP contribution in [-0.4, -0.2) is 32.9 Å². The van der Waals surface area contributed by atoms with Crippen LogP contribution in [0.25, 0.3) is 11.4 Å². The largest absolute Gasteiger partial charge is 0.353 e. The molecule has 1 aromatic heterocycles. The summed E-state index contributed by atoms with van der Waals surface area (Å²) in [5, 5.41) is 10.4. The number of carbonyl (C=O) groups excluding carboxylic acids is 1. The minimum Gasteiger partial charge on any atom is -0.353 e. The standard InChI is InChI=1S/C20H21FN4OS/c1-14(7-8-15-5-3-2-4-6-15)22-18(26)13-27-20-23-19(24-25-20)16-9-11-17(21)12-10-16/h2-6,9-12,14H,7-8,13H2,1H3,(H,22,26)(H,23,24,25)/t14-/m0/s1. The van der Waals surface area contributed by atoms with E-state index >= 15 is 0 Å². The average Bonchev–Trinajstić information content (AvgIpc) is 3.15. The number of nitrogens with one attached hydrogen (secondary N) is 2. The van der Waals surface area contributed by atoms with E-state index in [9.17, 15) is 9.18 Å². The highest BCUT2D eigenvalue weighted by Crippen LogP contribution is 2.19. The number of halogens is 1. The summed E-state index contributed by atoms with van der Waals surface area (Å²) in [5.41, 5.74) is 2.01. The number of nitrogens with zero attached hydrogens (tertiary/aromatic N) is 2. The zero-order valence-electron chi connectivity index (χ0n) is 15.0. The van der Waals surface area contributed by atoms with E-state index in [2.05, 4.69) is 32.6 Å². The molecule has 0 aliphatic rings. The molecule has 2 aromatic carbocycles. The van der Waals surface area contributed by atoms with E-state index in [1.807, 2.05) is 25.1 Å². The molecular formula is C20H21FN4OS. The molecule has 5 nitrogen and oxygen atoms in total. The number of aromatic nitrogens is 3. The topological polar surface area (TPSA) is 70.7 Å². The van der Waals surface area contributed by atoms with Crippen molar-refractivity contribution < 1.29 is 9.18 Å². The smallest absolute Gasteiger partial charge is 0.230 e. The van der Waals surface area contributed by atoms with Crippen molar-refractivity contribution in [1.82, 2.24) is 20.5 Å². The molecular weight excluding hydrogens is 363 g/mol. The minimum atomic E-state index is -0.300. The second-order valence-electron chi connectivity index (χ2n) is 6.25. The molecule has 0 aliphatic heterocycles. The van der Waals surface area contributed by atoms with Crippen LogP contribution in [0, 0.1) is 5.82 Å². The van der Waals surface area contributed by atoms with Crippen molar-refractivity contribution in [3.8, 4) is 11.4 Å². The fourth-order valence-electron chi connectivity index (χ4n) is 2.59. The first-order chi connectivity index (χ1) is 13.1. The number of aromatic amines is 1. The van der Waals surface area contributed by atoms with Gasteiger partial charge in [-0.1, -0.05) is 42.1 Å². The van der Waals surface area contributed by atoms with Gasteiger partial charge in [-0.05, 0) is 49.6 Å². The number of benzene rings is 2. The number of hydrogen-bond acceptors (Lipinski definition) is 4. The van der Waals surface area contributed by atoms with Gasteiger partial charge in [0.15, 0.2) is 5.82 Å². The van der Waals surface area contributed by atoms with Crippen LogP contribution in [-0.2, 0) is 11.2 Å². The van der Waals surface area contributed by atoms with Crippen LogP contribution in [0.5, 0.6) is 0 Å². The molecule has 1 atom stereocenters. The van der Waals surface area contributed by atoms with Gasteiger partial charge in [0.25, 0.3) is 0 Å². The van der Waals surface area contributed by atoms with Gasteiger partial charge in [-0.15, -0.1) is 5.10 Å². The minimum absolute atomic E-state index is 0.0475. The lowest BCUT2D eigenvalue weighted by atomic mass is 10.1. The van der Waals surface area contributed by atoms with Crippen LogP contribution in [0.3, 0.4) is 0 Å². The van der Waals surface area contributed by atoms with E-state index in [4.69, 9.17) is 0 Å². The Morgan fingerprint density at radius 3 is 2.67 bits per heavy atom. The lowest BCUT2D eigenvalue weighted by Gasteiger charge is -2.13. The lowest BCUT2D eigenvalue weighted by molar-refractivity contribution is -0.119. The molecule has 0 unspecified atom stereocenters. The van der Waals surface area contributed by atoms with Crippen molar-refractivity contribution >= 4 is 17.7 Å². The van der Waals surface area contributed by atoms with E-state index in [1.54, 1.807) is 12.1 Å². The number of thioether (sulfide) groups is 1. The van der Waals surface area contributed by atoms with Crippen molar-refractivity contribution in [3.63, 3.8) is 0 Å². The highest BCUT2D eigenvalue weighted by atomic mass is 32.2. The number of H-pyrrole nitrogens is 1. The van der Waals surface area contributed by atoms with Gasteiger partial charge in [-0.2, -0.15) is 0 Å². The Labute approximate surface area is 161 Å². The molecule has 0 radical (unpaired) electrons. The molecule has 7 heteroatoms. The molecule has 140 valence electrons. The van der Waals surface area contributed by atoms with Crippen molar-refractivity contribution in [2.45, 2.75) is 31.0 Å². The average molecular weight is 384 g/mol. The van der Waals surface area contributed by atoms with Crippen LogP contribution in [0.1, 0.15) is 18.9 Å². The zero-order chi connectivity index (χ0) is 19.1. The summed E-state index contributed by atoms with van der Waals surface area (Å²) in [6.07, 6.45) is 1.81. The second kappa shape index (κ2) is 9.32. The van der Waals surface area contributed by atoms with Gasteiger partial charge < -0.3 is 5.32 Å². The van der Waals surface area contributed by atoms with Gasteiger partial charge in [0.05, 0.1) is 5.75 Å². The molecule has 27 heavy (non-hydrogen) atoms. The third kappa shape index (κ3) is 5.92. The molecule has 1 amide bonds. The SMILES string of the molecule is C[C@@H](CCc1ccccc1)NC(=O)CSc1n[nH]c(-c2ccc(F)cc2)n1. The van der Waals surface area contributed by atoms with E-state index in [0.29, 0.717) is 11.0 Å². The first kappa shape index (κ1) is 19.1. The zero-order valence-corrected chi connectivity index (χ0v) is 15.8. The van der Waals surface area contributed by atoms with Crippen LogP contribution in [0.4, 0.5) is 4.39 Å². The van der Waals surface area contributed by atoms with E-state index in [0.717, 1.165) is 18.4 Å². The fraction of sp³-hybridized carbons (Fsp3) is 0.250. The number of rotatable bonds is 8. The first-order valence-electron chi connectivity index (χ1n) is 8.74. The summed E-state index contributed by atoms with van der Waals surface area (Å²) in [5.74, 6) is 0.449. The van der Waals surface area contributed by atoms with Gasteiger partial charge in [0.2, 0.25) is 11.1 Å². The van der Waals surface area contributed by atoms with Crippen LogP contribution in [0.2, 0.25) is 0 Å². The van der Waals surface area contributed by atoms with Crippen LogP contribution >= 0.6 is 11.8 Å². The van der Waals surface area contributed by atoms with Gasteiger partial charge in [0, 0.05) is 11.6 Å². The van der Waals surface area contributed by atoms with Gasteiger partial charge in [0.1, 0.15) is 5.82 Å². The van der Waals surface area contributed by atoms with Gasteiger partial charge in [-0.3, -0.25) is 9.89 Å². The van der Waals surface area contributed by atoms with Crippen molar-refractivity contribution in [3.05, 3.63) is 66.0 Å². The Kier molecular flexibility index (Phi) is 6.59. The van der Waals surface area contributed by atoms with E-state index in [-0.39, 0.29) is 23.5 Å². The maximum absolute atomic E-state index is 13.0. The van der Waals surface area contributed by atoms with Gasteiger partial charge >= 0.3 is 0 Å². The van der Waals surface area contributed by atoms with E-state index < -0.39 is 0 Å². The third-order valence-electron chi connectivity index (χ3n) is 4.03. The quantitative estimate of drug-likeness (QED) is 0.579. The summed E-state index contributed by atoms with van der Waals surface area (Å²) in [4.78, 5) is 16.4. The molecule has 0 bridgehead atoms. The Balaban J connectivity index is 1.43. The maximum atomic E-state index is 13.0. The molecule has 1 heterocycles. The molecule has 0 saturated carbocycles. The molecule has 2 N–H and O–H groups in total. The fourth-order valence-corrected chi connectivity index (χ4v) is 3.20. The summed E-state index contributed by atoms with van der Waals surface area (Å²) < 4.78 is 13.0. The summed E-state index contributed by atoms with van der Waals surface area (Å²) in [6.45, 7) is 2.00. The van der Waals surface area contributed by atoms with Gasteiger partial charge in [-0.25, -0.2) is 9.37 Å². The Morgan fingerprint density at radius 1 is 1.19 bits per heavy atom. The lowest BCUT2D eigenvalue weighted by Crippen LogP contribution is -2.34. The molecule has 3 aromatic rings. The second-order valence-corrected chi connectivity index (χ2v) is 7.20. The Bertz CT molecular complexity index is 867. The highest BCUT2D eigenvalue weighted by molar-refractivity contribution is 7.99. The van der Waals surface area contributed by atoms with Crippen molar-refractivity contribution in [1.29, 1.82) is 0 Å². The summed E-state index contributed by atoms with van der Waals surface area (Å²) in [7, 11) is 0. The summed E-state index contributed by atoms with van der Waals surface area (Å²) >= 11 is 1.26.